The lowest BCUT2D eigenvalue weighted by Crippen LogP contribution is -2.45. The van der Waals surface area contributed by atoms with Crippen LogP contribution in [0.25, 0.3) is 0 Å². The first-order valence-corrected chi connectivity index (χ1v) is 29.3. The van der Waals surface area contributed by atoms with Crippen LogP contribution in [0.2, 0.25) is 0 Å². The molecule has 0 radical (unpaired) electrons. The van der Waals surface area contributed by atoms with Crippen LogP contribution in [0.3, 0.4) is 0 Å². The van der Waals surface area contributed by atoms with Gasteiger partial charge in [-0.25, -0.2) is 0 Å². The molecular formula is C60H113NO5. The van der Waals surface area contributed by atoms with Crippen LogP contribution in [0.15, 0.2) is 36.5 Å². The number of allylic oxidation sites excluding steroid dienone is 5. The Morgan fingerprint density at radius 2 is 0.758 bits per heavy atom. The van der Waals surface area contributed by atoms with Crippen LogP contribution in [-0.4, -0.2) is 47.4 Å². The SMILES string of the molecule is CCCCCCCCCCCCCCCC/C=C/C(O)C(CO)NC(=O)CCCCCCCCC/C=C\C/C=C\CCCCCOC(=O)CCCCCCCCCCCCCCCCCC. The van der Waals surface area contributed by atoms with Gasteiger partial charge >= 0.3 is 5.97 Å². The first-order valence-electron chi connectivity index (χ1n) is 29.3. The van der Waals surface area contributed by atoms with E-state index >= 15 is 0 Å². The second-order valence-corrected chi connectivity index (χ2v) is 20.0. The predicted molar refractivity (Wildman–Crippen MR) is 287 cm³/mol. The van der Waals surface area contributed by atoms with Gasteiger partial charge in [-0.05, 0) is 70.6 Å². The Bertz CT molecular complexity index is 1070. The van der Waals surface area contributed by atoms with Crippen LogP contribution in [0, 0.1) is 0 Å². The minimum atomic E-state index is -0.855. The highest BCUT2D eigenvalue weighted by atomic mass is 16.5. The van der Waals surface area contributed by atoms with Crippen molar-refractivity contribution in [1.29, 1.82) is 0 Å². The van der Waals surface area contributed by atoms with Crippen LogP contribution in [0.1, 0.15) is 309 Å². The Morgan fingerprint density at radius 1 is 0.424 bits per heavy atom. The Morgan fingerprint density at radius 3 is 1.15 bits per heavy atom. The maximum absolute atomic E-state index is 12.5. The summed E-state index contributed by atoms with van der Waals surface area (Å²) in [6, 6.07) is -0.640. The van der Waals surface area contributed by atoms with Gasteiger partial charge in [0.1, 0.15) is 0 Å². The summed E-state index contributed by atoms with van der Waals surface area (Å²) in [5, 5.41) is 23.1. The van der Waals surface area contributed by atoms with Crippen molar-refractivity contribution in [2.24, 2.45) is 0 Å². The fraction of sp³-hybridized carbons (Fsp3) is 0.867. The lowest BCUT2D eigenvalue weighted by atomic mass is 10.0. The lowest BCUT2D eigenvalue weighted by molar-refractivity contribution is -0.143. The zero-order valence-corrected chi connectivity index (χ0v) is 44.2. The van der Waals surface area contributed by atoms with Crippen molar-refractivity contribution < 1.29 is 24.5 Å². The Balaban J connectivity index is 3.51. The summed E-state index contributed by atoms with van der Waals surface area (Å²) in [5.41, 5.74) is 0. The normalized spacial score (nSPS) is 12.8. The molecule has 0 aliphatic rings. The van der Waals surface area contributed by atoms with E-state index in [4.69, 9.17) is 4.74 Å². The lowest BCUT2D eigenvalue weighted by Gasteiger charge is -2.20. The van der Waals surface area contributed by atoms with Gasteiger partial charge in [0, 0.05) is 12.8 Å². The molecule has 0 aromatic carbocycles. The summed E-state index contributed by atoms with van der Waals surface area (Å²) in [6.07, 6.45) is 68.8. The number of amides is 1. The van der Waals surface area contributed by atoms with E-state index in [1.54, 1.807) is 6.08 Å². The van der Waals surface area contributed by atoms with Crippen molar-refractivity contribution in [3.05, 3.63) is 36.5 Å². The number of unbranched alkanes of at least 4 members (excludes halogenated alkanes) is 39. The van der Waals surface area contributed by atoms with Crippen molar-refractivity contribution in [3.63, 3.8) is 0 Å². The molecule has 0 rings (SSSR count). The van der Waals surface area contributed by atoms with E-state index in [9.17, 15) is 19.8 Å². The quantitative estimate of drug-likeness (QED) is 0.0321. The first-order chi connectivity index (χ1) is 32.5. The van der Waals surface area contributed by atoms with E-state index < -0.39 is 12.1 Å². The van der Waals surface area contributed by atoms with Gasteiger partial charge in [-0.2, -0.15) is 0 Å². The van der Waals surface area contributed by atoms with Gasteiger partial charge in [-0.3, -0.25) is 9.59 Å². The second-order valence-electron chi connectivity index (χ2n) is 20.0. The zero-order chi connectivity index (χ0) is 47.9. The monoisotopic (exact) mass is 928 g/mol. The van der Waals surface area contributed by atoms with Crippen molar-refractivity contribution in [3.8, 4) is 0 Å². The molecule has 1 amide bonds. The minimum Gasteiger partial charge on any atom is -0.466 e. The molecule has 388 valence electrons. The molecule has 0 saturated carbocycles. The maximum Gasteiger partial charge on any atom is 0.305 e. The van der Waals surface area contributed by atoms with Crippen LogP contribution >= 0.6 is 0 Å². The first kappa shape index (κ1) is 64.1. The number of esters is 1. The summed E-state index contributed by atoms with van der Waals surface area (Å²) >= 11 is 0. The predicted octanol–water partition coefficient (Wildman–Crippen LogP) is 18.0. The number of ether oxygens (including phenoxy) is 1. The number of aliphatic hydroxyl groups is 2. The fourth-order valence-corrected chi connectivity index (χ4v) is 8.90. The van der Waals surface area contributed by atoms with Crippen LogP contribution in [0.4, 0.5) is 0 Å². The molecule has 0 spiro atoms. The molecule has 0 aromatic rings. The molecule has 0 bridgehead atoms. The molecule has 6 nitrogen and oxygen atoms in total. The third kappa shape index (κ3) is 51.5. The molecule has 0 aliphatic heterocycles. The molecule has 0 aliphatic carbocycles. The molecule has 6 heteroatoms. The number of carbonyl (C=O) groups is 2. The number of hydrogen-bond acceptors (Lipinski definition) is 5. The van der Waals surface area contributed by atoms with Crippen LogP contribution in [-0.2, 0) is 14.3 Å². The van der Waals surface area contributed by atoms with Gasteiger partial charge < -0.3 is 20.3 Å². The van der Waals surface area contributed by atoms with Gasteiger partial charge in [-0.1, -0.05) is 262 Å². The third-order valence-electron chi connectivity index (χ3n) is 13.4. The maximum atomic E-state index is 12.5. The highest BCUT2D eigenvalue weighted by molar-refractivity contribution is 5.76. The van der Waals surface area contributed by atoms with Crippen molar-refractivity contribution >= 4 is 11.9 Å². The van der Waals surface area contributed by atoms with E-state index in [1.807, 2.05) is 6.08 Å². The number of nitrogens with one attached hydrogen (secondary N) is 1. The molecule has 0 aromatic heterocycles. The van der Waals surface area contributed by atoms with Gasteiger partial charge in [-0.15, -0.1) is 0 Å². The van der Waals surface area contributed by atoms with Crippen LogP contribution in [0.5, 0.6) is 0 Å². The smallest absolute Gasteiger partial charge is 0.305 e. The van der Waals surface area contributed by atoms with E-state index in [0.29, 0.717) is 19.4 Å². The van der Waals surface area contributed by atoms with Crippen molar-refractivity contribution in [1.82, 2.24) is 5.32 Å². The van der Waals surface area contributed by atoms with Crippen LogP contribution < -0.4 is 5.32 Å². The van der Waals surface area contributed by atoms with Gasteiger partial charge in [0.2, 0.25) is 5.91 Å². The molecule has 0 saturated heterocycles. The van der Waals surface area contributed by atoms with Crippen molar-refractivity contribution in [2.75, 3.05) is 13.2 Å². The number of hydrogen-bond donors (Lipinski definition) is 3. The summed E-state index contributed by atoms with van der Waals surface area (Å²) in [5.74, 6) is -0.0961. The second kappa shape index (κ2) is 55.7. The topological polar surface area (TPSA) is 95.9 Å². The highest BCUT2D eigenvalue weighted by Gasteiger charge is 2.18. The van der Waals surface area contributed by atoms with E-state index in [1.165, 1.54) is 199 Å². The van der Waals surface area contributed by atoms with Gasteiger partial charge in [0.05, 0.1) is 25.4 Å². The van der Waals surface area contributed by atoms with Gasteiger partial charge in [0.15, 0.2) is 0 Å². The van der Waals surface area contributed by atoms with Crippen molar-refractivity contribution in [2.45, 2.75) is 321 Å². The number of aliphatic hydroxyl groups excluding tert-OH is 2. The number of carbonyl (C=O) groups excluding carboxylic acids is 2. The summed E-state index contributed by atoms with van der Waals surface area (Å²) in [6.45, 7) is 4.87. The van der Waals surface area contributed by atoms with E-state index in [-0.39, 0.29) is 18.5 Å². The molecular weight excluding hydrogens is 815 g/mol. The summed E-state index contributed by atoms with van der Waals surface area (Å²) < 4.78 is 5.46. The largest absolute Gasteiger partial charge is 0.466 e. The minimum absolute atomic E-state index is 0.0131. The molecule has 0 fully saturated rings. The standard InChI is InChI=1S/C60H113NO5/c1-3-5-7-9-11-13-15-17-19-24-28-32-36-40-44-48-52-58(63)57(56-62)61-59(64)53-49-45-41-37-33-29-25-22-21-23-27-31-35-39-43-47-51-55-66-60(65)54-50-46-42-38-34-30-26-20-18-16-14-12-10-8-6-4-2/h21,23,31,35,48,52,57-58,62-63H,3-20,22,24-30,32-34,36-47,49-51,53-56H2,1-2H3,(H,61,64)/b23-21-,35-31-,52-48+. The Kier molecular flexibility index (Phi) is 54.1. The zero-order valence-electron chi connectivity index (χ0n) is 44.2. The van der Waals surface area contributed by atoms with E-state index in [2.05, 4.69) is 43.5 Å². The average molecular weight is 929 g/mol. The molecule has 66 heavy (non-hydrogen) atoms. The summed E-state index contributed by atoms with van der Waals surface area (Å²) in [7, 11) is 0. The van der Waals surface area contributed by atoms with E-state index in [0.717, 1.165) is 83.5 Å². The number of rotatable bonds is 54. The third-order valence-corrected chi connectivity index (χ3v) is 13.4. The Labute approximate surface area is 411 Å². The van der Waals surface area contributed by atoms with Gasteiger partial charge in [0.25, 0.3) is 0 Å². The fourth-order valence-electron chi connectivity index (χ4n) is 8.90. The molecule has 3 N–H and O–H groups in total. The molecule has 2 atom stereocenters. The average Bonchev–Trinajstić information content (AvgIpc) is 3.32. The molecule has 0 heterocycles. The Hall–Kier alpha value is -1.92. The summed E-state index contributed by atoms with van der Waals surface area (Å²) in [4.78, 5) is 24.5. The highest BCUT2D eigenvalue weighted by Crippen LogP contribution is 2.17. The molecule has 2 unspecified atom stereocenters.